The third kappa shape index (κ3) is 7.62. The average molecular weight is 256 g/mol. The summed E-state index contributed by atoms with van der Waals surface area (Å²) in [5.41, 5.74) is 0.361. The number of hydrogen-bond donors (Lipinski definition) is 1. The van der Waals surface area contributed by atoms with Gasteiger partial charge in [0.15, 0.2) is 0 Å². The molecule has 0 aromatic heterocycles. The number of aliphatic hydroxyl groups excluding tert-OH is 1. The molecule has 1 N–H and O–H groups in total. The molecule has 0 aliphatic carbocycles. The van der Waals surface area contributed by atoms with Gasteiger partial charge in [-0.1, -0.05) is 27.0 Å². The highest BCUT2D eigenvalue weighted by Gasteiger charge is 2.14. The summed E-state index contributed by atoms with van der Waals surface area (Å²) in [5.74, 6) is -0.870. The topological polar surface area (TPSA) is 72.8 Å². The third-order valence-corrected chi connectivity index (χ3v) is 1.93. The minimum Gasteiger partial charge on any atom is -0.460 e. The van der Waals surface area contributed by atoms with Crippen LogP contribution in [-0.4, -0.2) is 36.4 Å². The van der Waals surface area contributed by atoms with Crippen LogP contribution in [0, 0.1) is 5.92 Å². The van der Waals surface area contributed by atoms with Gasteiger partial charge in [-0.05, 0) is 12.3 Å². The van der Waals surface area contributed by atoms with Crippen LogP contribution >= 0.6 is 0 Å². The Morgan fingerprint density at radius 1 is 1.28 bits per heavy atom. The van der Waals surface area contributed by atoms with Crippen LogP contribution in [0.4, 0.5) is 0 Å². The van der Waals surface area contributed by atoms with Gasteiger partial charge in [-0.25, -0.2) is 9.59 Å². The Morgan fingerprint density at radius 3 is 2.33 bits per heavy atom. The molecule has 0 saturated heterocycles. The normalized spacial score (nSPS) is 11.8. The molecule has 5 nitrogen and oxygen atoms in total. The maximum absolute atomic E-state index is 11.4. The van der Waals surface area contributed by atoms with E-state index < -0.39 is 18.0 Å². The fourth-order valence-electron chi connectivity index (χ4n) is 1.14. The van der Waals surface area contributed by atoms with E-state index in [1.165, 1.54) is 0 Å². The summed E-state index contributed by atoms with van der Waals surface area (Å²) in [6.45, 7) is 10.3. The molecular formula is C13H20O5. The second-order valence-corrected chi connectivity index (χ2v) is 4.29. The van der Waals surface area contributed by atoms with Gasteiger partial charge in [0.05, 0.1) is 0 Å². The Hall–Kier alpha value is -1.62. The van der Waals surface area contributed by atoms with Gasteiger partial charge in [0.25, 0.3) is 0 Å². The molecule has 0 rings (SSSR count). The maximum Gasteiger partial charge on any atom is 0.333 e. The van der Waals surface area contributed by atoms with E-state index in [-0.39, 0.29) is 13.2 Å². The van der Waals surface area contributed by atoms with Gasteiger partial charge in [-0.3, -0.25) is 0 Å². The van der Waals surface area contributed by atoms with Crippen LogP contribution < -0.4 is 0 Å². The molecule has 0 heterocycles. The minimum absolute atomic E-state index is 0.236. The van der Waals surface area contributed by atoms with Gasteiger partial charge in [0.1, 0.15) is 19.3 Å². The maximum atomic E-state index is 11.4. The molecule has 0 radical (unpaired) electrons. The fourth-order valence-corrected chi connectivity index (χ4v) is 1.14. The van der Waals surface area contributed by atoms with Gasteiger partial charge in [0, 0.05) is 11.6 Å². The number of carbonyl (C=O) groups is 2. The lowest BCUT2D eigenvalue weighted by Crippen LogP contribution is -2.25. The SMILES string of the molecule is C=CC(=O)OCC(O)COC(=O)C(=C)CC(C)C. The Balaban J connectivity index is 3.87. The predicted octanol–water partition coefficient (Wildman–Crippen LogP) is 1.22. The van der Waals surface area contributed by atoms with Crippen molar-refractivity contribution in [2.24, 2.45) is 5.92 Å². The molecule has 0 aliphatic rings. The zero-order valence-electron chi connectivity index (χ0n) is 10.8. The molecule has 1 atom stereocenters. The van der Waals surface area contributed by atoms with E-state index >= 15 is 0 Å². The van der Waals surface area contributed by atoms with Crippen molar-refractivity contribution in [2.45, 2.75) is 26.4 Å². The summed E-state index contributed by atoms with van der Waals surface area (Å²) in [6, 6.07) is 0. The van der Waals surface area contributed by atoms with Crippen molar-refractivity contribution in [1.29, 1.82) is 0 Å². The molecule has 0 aromatic rings. The Morgan fingerprint density at radius 2 is 1.83 bits per heavy atom. The van der Waals surface area contributed by atoms with Crippen LogP contribution in [-0.2, 0) is 19.1 Å². The fraction of sp³-hybridized carbons (Fsp3) is 0.538. The first-order chi connectivity index (χ1) is 8.36. The van der Waals surface area contributed by atoms with Gasteiger partial charge < -0.3 is 14.6 Å². The first-order valence-corrected chi connectivity index (χ1v) is 5.69. The van der Waals surface area contributed by atoms with Gasteiger partial charge >= 0.3 is 11.9 Å². The highest BCUT2D eigenvalue weighted by Crippen LogP contribution is 2.10. The number of hydrogen-bond acceptors (Lipinski definition) is 5. The molecule has 1 unspecified atom stereocenters. The van der Waals surface area contributed by atoms with Crippen molar-refractivity contribution in [2.75, 3.05) is 13.2 Å². The van der Waals surface area contributed by atoms with Crippen LogP contribution in [0.5, 0.6) is 0 Å². The summed E-state index contributed by atoms with van der Waals surface area (Å²) in [7, 11) is 0. The second kappa shape index (κ2) is 8.47. The zero-order chi connectivity index (χ0) is 14.1. The summed E-state index contributed by atoms with van der Waals surface area (Å²) < 4.78 is 9.42. The molecule has 0 spiro atoms. The zero-order valence-corrected chi connectivity index (χ0v) is 10.8. The first kappa shape index (κ1) is 16.4. The molecule has 18 heavy (non-hydrogen) atoms. The van der Waals surface area contributed by atoms with E-state index in [1.807, 2.05) is 13.8 Å². The Kier molecular flexibility index (Phi) is 7.71. The molecule has 0 amide bonds. The quantitative estimate of drug-likeness (QED) is 0.522. The number of aliphatic hydroxyl groups is 1. The molecule has 0 aliphatic heterocycles. The van der Waals surface area contributed by atoms with E-state index in [0.29, 0.717) is 17.9 Å². The number of esters is 2. The molecular weight excluding hydrogens is 236 g/mol. The molecule has 0 fully saturated rings. The van der Waals surface area contributed by atoms with E-state index in [0.717, 1.165) is 6.08 Å². The van der Waals surface area contributed by atoms with Crippen LogP contribution in [0.25, 0.3) is 0 Å². The van der Waals surface area contributed by atoms with E-state index in [2.05, 4.69) is 17.9 Å². The van der Waals surface area contributed by atoms with Gasteiger partial charge in [-0.2, -0.15) is 0 Å². The van der Waals surface area contributed by atoms with Crippen LogP contribution in [0.1, 0.15) is 20.3 Å². The van der Waals surface area contributed by atoms with Crippen LogP contribution in [0.3, 0.4) is 0 Å². The predicted molar refractivity (Wildman–Crippen MR) is 66.7 cm³/mol. The van der Waals surface area contributed by atoms with Crippen molar-refractivity contribution in [1.82, 2.24) is 0 Å². The third-order valence-electron chi connectivity index (χ3n) is 1.93. The van der Waals surface area contributed by atoms with Crippen molar-refractivity contribution >= 4 is 11.9 Å². The smallest absolute Gasteiger partial charge is 0.333 e. The number of rotatable bonds is 8. The minimum atomic E-state index is -1.05. The second-order valence-electron chi connectivity index (χ2n) is 4.29. The van der Waals surface area contributed by atoms with Crippen molar-refractivity contribution in [3.05, 3.63) is 24.8 Å². The van der Waals surface area contributed by atoms with Crippen molar-refractivity contribution in [3.8, 4) is 0 Å². The van der Waals surface area contributed by atoms with Crippen molar-refractivity contribution < 1.29 is 24.2 Å². The van der Waals surface area contributed by atoms with E-state index in [4.69, 9.17) is 4.74 Å². The van der Waals surface area contributed by atoms with Gasteiger partial charge in [-0.15, -0.1) is 0 Å². The largest absolute Gasteiger partial charge is 0.460 e. The molecule has 0 bridgehead atoms. The summed E-state index contributed by atoms with van der Waals surface area (Å²) in [5, 5.41) is 9.39. The highest BCUT2D eigenvalue weighted by atomic mass is 16.6. The summed E-state index contributed by atoms with van der Waals surface area (Å²) >= 11 is 0. The van der Waals surface area contributed by atoms with E-state index in [9.17, 15) is 14.7 Å². The van der Waals surface area contributed by atoms with Crippen molar-refractivity contribution in [3.63, 3.8) is 0 Å². The lowest BCUT2D eigenvalue weighted by molar-refractivity contribution is -0.147. The van der Waals surface area contributed by atoms with Gasteiger partial charge in [0.2, 0.25) is 0 Å². The summed E-state index contributed by atoms with van der Waals surface area (Å²) in [6.07, 6.45) is 0.480. The molecule has 0 aromatic carbocycles. The monoisotopic (exact) mass is 256 g/mol. The molecule has 5 heteroatoms. The van der Waals surface area contributed by atoms with Crippen LogP contribution in [0.15, 0.2) is 24.8 Å². The number of carbonyl (C=O) groups excluding carboxylic acids is 2. The lowest BCUT2D eigenvalue weighted by atomic mass is 10.1. The average Bonchev–Trinajstić information content (AvgIpc) is 2.31. The highest BCUT2D eigenvalue weighted by molar-refractivity contribution is 5.87. The first-order valence-electron chi connectivity index (χ1n) is 5.69. The van der Waals surface area contributed by atoms with E-state index in [1.54, 1.807) is 0 Å². The molecule has 102 valence electrons. The lowest BCUT2D eigenvalue weighted by Gasteiger charge is -2.12. The van der Waals surface area contributed by atoms with Crippen LogP contribution in [0.2, 0.25) is 0 Å². The standard InChI is InChI=1S/C13H20O5/c1-5-12(15)17-7-11(14)8-18-13(16)10(4)6-9(2)3/h5,9,11,14H,1,4,6-8H2,2-3H3. The summed E-state index contributed by atoms with van der Waals surface area (Å²) in [4.78, 5) is 22.1. The number of ether oxygens (including phenoxy) is 2. The Bertz CT molecular complexity index is 319. The molecule has 0 saturated carbocycles. The Labute approximate surface area is 107 Å².